The van der Waals surface area contributed by atoms with E-state index in [1.807, 2.05) is 29.2 Å². The fourth-order valence-corrected chi connectivity index (χ4v) is 4.32. The summed E-state index contributed by atoms with van der Waals surface area (Å²) in [5.74, 6) is 0.420. The van der Waals surface area contributed by atoms with Gasteiger partial charge in [-0.1, -0.05) is 30.3 Å². The van der Waals surface area contributed by atoms with Crippen LogP contribution in [0.2, 0.25) is 0 Å². The molecule has 2 aliphatic rings. The van der Waals surface area contributed by atoms with E-state index >= 15 is 0 Å². The zero-order chi connectivity index (χ0) is 19.3. The van der Waals surface area contributed by atoms with Gasteiger partial charge >= 0.3 is 0 Å². The highest BCUT2D eigenvalue weighted by Crippen LogP contribution is 2.25. The first-order valence-corrected chi connectivity index (χ1v) is 10.3. The Labute approximate surface area is 166 Å². The first kappa shape index (κ1) is 19.1. The van der Waals surface area contributed by atoms with E-state index in [9.17, 15) is 9.18 Å². The molecular formula is C23H28FN3O. The standard InChI is InChI=1S/C23H28FN3O/c24-21-6-2-1-5-18(21)8-7-17-4-3-15-27(16-17)23(28)20-11-9-19(10-12-20)22-13-14-25-26-22/h1-2,5-6,9-12,17,22,25-26H,3-4,7-8,13-16H2. The Hall–Kier alpha value is -2.24. The van der Waals surface area contributed by atoms with Gasteiger partial charge in [0.1, 0.15) is 5.82 Å². The number of nitrogens with zero attached hydrogens (tertiary/aromatic N) is 1. The maximum absolute atomic E-state index is 13.8. The van der Waals surface area contributed by atoms with Crippen molar-refractivity contribution in [3.8, 4) is 0 Å². The van der Waals surface area contributed by atoms with Crippen molar-refractivity contribution in [3.05, 3.63) is 71.0 Å². The van der Waals surface area contributed by atoms with Crippen molar-refractivity contribution in [3.63, 3.8) is 0 Å². The van der Waals surface area contributed by atoms with E-state index in [1.54, 1.807) is 6.07 Å². The second kappa shape index (κ2) is 8.84. The molecule has 2 heterocycles. The quantitative estimate of drug-likeness (QED) is 0.827. The van der Waals surface area contributed by atoms with E-state index in [-0.39, 0.29) is 11.7 Å². The van der Waals surface area contributed by atoms with Gasteiger partial charge in [-0.05, 0) is 67.3 Å². The van der Waals surface area contributed by atoms with Crippen LogP contribution in [-0.2, 0) is 6.42 Å². The van der Waals surface area contributed by atoms with Crippen molar-refractivity contribution in [2.24, 2.45) is 5.92 Å². The molecule has 2 aliphatic heterocycles. The number of rotatable bonds is 5. The SMILES string of the molecule is O=C(c1ccc(C2CCNN2)cc1)N1CCCC(CCc2ccccc2F)C1. The lowest BCUT2D eigenvalue weighted by Gasteiger charge is -2.33. The third-order valence-electron chi connectivity index (χ3n) is 5.98. The van der Waals surface area contributed by atoms with Gasteiger partial charge in [0.2, 0.25) is 0 Å². The Morgan fingerprint density at radius 3 is 2.68 bits per heavy atom. The number of hydrogen-bond donors (Lipinski definition) is 2. The summed E-state index contributed by atoms with van der Waals surface area (Å²) in [7, 11) is 0. The van der Waals surface area contributed by atoms with Crippen LogP contribution in [0.1, 0.15) is 53.2 Å². The largest absolute Gasteiger partial charge is 0.338 e. The van der Waals surface area contributed by atoms with E-state index in [4.69, 9.17) is 0 Å². The van der Waals surface area contributed by atoms with E-state index in [0.717, 1.165) is 62.9 Å². The van der Waals surface area contributed by atoms with Gasteiger partial charge in [0.25, 0.3) is 5.91 Å². The number of carbonyl (C=O) groups is 1. The van der Waals surface area contributed by atoms with Crippen LogP contribution >= 0.6 is 0 Å². The summed E-state index contributed by atoms with van der Waals surface area (Å²) in [5.41, 5.74) is 9.13. The third kappa shape index (κ3) is 4.42. The van der Waals surface area contributed by atoms with Gasteiger partial charge in [-0.2, -0.15) is 0 Å². The lowest BCUT2D eigenvalue weighted by molar-refractivity contribution is 0.0668. The molecule has 2 unspecified atom stereocenters. The molecule has 4 nitrogen and oxygen atoms in total. The molecule has 2 aromatic rings. The molecule has 2 saturated heterocycles. The molecule has 0 spiro atoms. The molecule has 0 aromatic heterocycles. The van der Waals surface area contributed by atoms with Crippen LogP contribution in [0, 0.1) is 11.7 Å². The van der Waals surface area contributed by atoms with Crippen LogP contribution in [0.5, 0.6) is 0 Å². The molecule has 2 atom stereocenters. The number of halogens is 1. The van der Waals surface area contributed by atoms with Gasteiger partial charge in [-0.3, -0.25) is 15.6 Å². The summed E-state index contributed by atoms with van der Waals surface area (Å²) >= 11 is 0. The normalized spacial score (nSPS) is 22.4. The fraction of sp³-hybridized carbons (Fsp3) is 0.435. The van der Waals surface area contributed by atoms with Crippen molar-refractivity contribution in [1.82, 2.24) is 15.8 Å². The van der Waals surface area contributed by atoms with Gasteiger partial charge in [0.15, 0.2) is 0 Å². The summed E-state index contributed by atoms with van der Waals surface area (Å²) in [6.45, 7) is 2.54. The highest BCUT2D eigenvalue weighted by molar-refractivity contribution is 5.94. The molecular weight excluding hydrogens is 353 g/mol. The molecule has 0 bridgehead atoms. The Morgan fingerprint density at radius 2 is 1.93 bits per heavy atom. The molecule has 0 saturated carbocycles. The second-order valence-electron chi connectivity index (χ2n) is 7.92. The van der Waals surface area contributed by atoms with Gasteiger partial charge in [0, 0.05) is 31.2 Å². The molecule has 0 aliphatic carbocycles. The van der Waals surface area contributed by atoms with Crippen molar-refractivity contribution in [2.75, 3.05) is 19.6 Å². The molecule has 1 amide bonds. The van der Waals surface area contributed by atoms with Crippen LogP contribution in [0.25, 0.3) is 0 Å². The smallest absolute Gasteiger partial charge is 0.253 e. The Balaban J connectivity index is 1.34. The zero-order valence-corrected chi connectivity index (χ0v) is 16.2. The van der Waals surface area contributed by atoms with Gasteiger partial charge in [-0.25, -0.2) is 4.39 Å². The van der Waals surface area contributed by atoms with E-state index < -0.39 is 0 Å². The van der Waals surface area contributed by atoms with E-state index in [2.05, 4.69) is 23.0 Å². The van der Waals surface area contributed by atoms with Gasteiger partial charge in [0.05, 0.1) is 0 Å². The minimum absolute atomic E-state index is 0.111. The number of aryl methyl sites for hydroxylation is 1. The average molecular weight is 381 g/mol. The van der Waals surface area contributed by atoms with Gasteiger partial charge < -0.3 is 4.90 Å². The molecule has 5 heteroatoms. The summed E-state index contributed by atoms with van der Waals surface area (Å²) in [6, 6.07) is 15.3. The van der Waals surface area contributed by atoms with Crippen molar-refractivity contribution < 1.29 is 9.18 Å². The third-order valence-corrected chi connectivity index (χ3v) is 5.98. The average Bonchev–Trinajstić information content (AvgIpc) is 3.28. The van der Waals surface area contributed by atoms with Crippen LogP contribution in [-0.4, -0.2) is 30.4 Å². The lowest BCUT2D eigenvalue weighted by atomic mass is 9.91. The monoisotopic (exact) mass is 381 g/mol. The highest BCUT2D eigenvalue weighted by Gasteiger charge is 2.25. The number of amides is 1. The zero-order valence-electron chi connectivity index (χ0n) is 16.2. The van der Waals surface area contributed by atoms with Crippen molar-refractivity contribution in [1.29, 1.82) is 0 Å². The molecule has 148 valence electrons. The first-order chi connectivity index (χ1) is 13.7. The molecule has 4 rings (SSSR count). The minimum atomic E-state index is -0.127. The predicted molar refractivity (Wildman–Crippen MR) is 108 cm³/mol. The number of piperidine rings is 1. The van der Waals surface area contributed by atoms with E-state index in [1.165, 1.54) is 11.6 Å². The maximum Gasteiger partial charge on any atom is 0.253 e. The van der Waals surface area contributed by atoms with Crippen LogP contribution in [0.3, 0.4) is 0 Å². The van der Waals surface area contributed by atoms with Crippen LogP contribution < -0.4 is 10.9 Å². The maximum atomic E-state index is 13.8. The Kier molecular flexibility index (Phi) is 6.03. The van der Waals surface area contributed by atoms with Crippen molar-refractivity contribution in [2.45, 2.75) is 38.1 Å². The first-order valence-electron chi connectivity index (χ1n) is 10.3. The molecule has 2 N–H and O–H groups in total. The lowest BCUT2D eigenvalue weighted by Crippen LogP contribution is -2.40. The number of hydrogen-bond acceptors (Lipinski definition) is 3. The fourth-order valence-electron chi connectivity index (χ4n) is 4.32. The predicted octanol–water partition coefficient (Wildman–Crippen LogP) is 3.85. The summed E-state index contributed by atoms with van der Waals surface area (Å²) in [5, 5.41) is 0. The number of benzene rings is 2. The number of nitrogens with one attached hydrogen (secondary N) is 2. The molecule has 28 heavy (non-hydrogen) atoms. The van der Waals surface area contributed by atoms with Gasteiger partial charge in [-0.15, -0.1) is 0 Å². The van der Waals surface area contributed by atoms with E-state index in [0.29, 0.717) is 12.0 Å². The Morgan fingerprint density at radius 1 is 1.11 bits per heavy atom. The molecule has 2 fully saturated rings. The Bertz CT molecular complexity index is 802. The second-order valence-corrected chi connectivity index (χ2v) is 7.92. The number of hydrazine groups is 1. The van der Waals surface area contributed by atoms with Crippen LogP contribution in [0.15, 0.2) is 48.5 Å². The highest BCUT2D eigenvalue weighted by atomic mass is 19.1. The topological polar surface area (TPSA) is 44.4 Å². The molecule has 0 radical (unpaired) electrons. The molecule has 2 aromatic carbocycles. The minimum Gasteiger partial charge on any atom is -0.338 e. The number of likely N-dealkylation sites (tertiary alicyclic amines) is 1. The summed E-state index contributed by atoms with van der Waals surface area (Å²) in [4.78, 5) is 14.9. The summed E-state index contributed by atoms with van der Waals surface area (Å²) < 4.78 is 13.8. The van der Waals surface area contributed by atoms with Crippen LogP contribution in [0.4, 0.5) is 4.39 Å². The van der Waals surface area contributed by atoms with Crippen molar-refractivity contribution >= 4 is 5.91 Å². The summed E-state index contributed by atoms with van der Waals surface area (Å²) in [6.07, 6.45) is 4.84. The number of carbonyl (C=O) groups excluding carboxylic acids is 1.